The lowest BCUT2D eigenvalue weighted by atomic mass is 10.1. The molecule has 1 amide bonds. The highest BCUT2D eigenvalue weighted by molar-refractivity contribution is 7.98. The minimum Gasteiger partial charge on any atom is -0.497 e. The van der Waals surface area contributed by atoms with Gasteiger partial charge in [-0.2, -0.15) is 4.98 Å². The van der Waals surface area contributed by atoms with Gasteiger partial charge in [0.15, 0.2) is 5.13 Å². The molecule has 0 spiro atoms. The first-order valence-electron chi connectivity index (χ1n) is 9.68. The Labute approximate surface area is 193 Å². The number of nitrogens with zero attached hydrogens (tertiary/aromatic N) is 5. The fourth-order valence-electron chi connectivity index (χ4n) is 3.33. The Morgan fingerprint density at radius 3 is 2.72 bits per heavy atom. The van der Waals surface area contributed by atoms with Gasteiger partial charge in [-0.1, -0.05) is 11.8 Å². The van der Waals surface area contributed by atoms with Crippen LogP contribution in [0.25, 0.3) is 17.0 Å². The molecule has 11 heteroatoms. The summed E-state index contributed by atoms with van der Waals surface area (Å²) in [6.45, 7) is 3.79. The lowest BCUT2D eigenvalue weighted by Crippen LogP contribution is -2.17. The molecule has 166 valence electrons. The summed E-state index contributed by atoms with van der Waals surface area (Å²) in [5.74, 6) is 1.73. The molecule has 0 aliphatic heterocycles. The second-order valence-electron chi connectivity index (χ2n) is 6.90. The molecule has 4 aromatic rings. The van der Waals surface area contributed by atoms with Crippen molar-refractivity contribution in [3.63, 3.8) is 0 Å². The Balaban J connectivity index is 1.55. The first-order chi connectivity index (χ1) is 15.4. The van der Waals surface area contributed by atoms with Gasteiger partial charge in [0, 0.05) is 27.9 Å². The third-order valence-corrected chi connectivity index (χ3v) is 6.28. The lowest BCUT2D eigenvalue weighted by Gasteiger charge is -2.10. The van der Waals surface area contributed by atoms with E-state index in [4.69, 9.17) is 9.47 Å². The van der Waals surface area contributed by atoms with Crippen molar-refractivity contribution < 1.29 is 14.3 Å². The van der Waals surface area contributed by atoms with E-state index in [1.165, 1.54) is 23.1 Å². The van der Waals surface area contributed by atoms with E-state index < -0.39 is 0 Å². The SMILES string of the molecule is COc1ccc(OC)c(-c2csc(NC(=O)Cc3c(C)nc4nc(SC)nn4c3C)n2)c1. The standard InChI is InChI=1S/C21H22N6O3S2/c1-11-14(12(2)27-19(22-11)25-21(26-27)31-5)9-18(28)24-20-23-16(10-32-20)15-8-13(29-3)6-7-17(15)30-4/h6-8,10H,9H2,1-5H3,(H,23,24,28). The molecule has 3 heterocycles. The molecule has 0 radical (unpaired) electrons. The summed E-state index contributed by atoms with van der Waals surface area (Å²) in [6, 6.07) is 5.51. The highest BCUT2D eigenvalue weighted by Gasteiger charge is 2.18. The number of methoxy groups -OCH3 is 2. The van der Waals surface area contributed by atoms with E-state index in [-0.39, 0.29) is 12.3 Å². The minimum absolute atomic E-state index is 0.159. The van der Waals surface area contributed by atoms with E-state index in [9.17, 15) is 4.79 Å². The molecule has 0 fully saturated rings. The van der Waals surface area contributed by atoms with Crippen molar-refractivity contribution in [2.75, 3.05) is 25.8 Å². The Morgan fingerprint density at radius 2 is 2.00 bits per heavy atom. The number of thiazole rings is 1. The summed E-state index contributed by atoms with van der Waals surface area (Å²) >= 11 is 2.80. The van der Waals surface area contributed by atoms with Crippen molar-refractivity contribution in [2.24, 2.45) is 0 Å². The molecule has 0 saturated carbocycles. The van der Waals surface area contributed by atoms with Crippen LogP contribution in [0, 0.1) is 13.8 Å². The molecule has 4 rings (SSSR count). The van der Waals surface area contributed by atoms with Gasteiger partial charge in [-0.15, -0.1) is 16.4 Å². The predicted octanol–water partition coefficient (Wildman–Crippen LogP) is 3.78. The molecule has 1 N–H and O–H groups in total. The van der Waals surface area contributed by atoms with Gasteiger partial charge in [-0.3, -0.25) is 4.79 Å². The lowest BCUT2D eigenvalue weighted by molar-refractivity contribution is -0.115. The molecule has 0 unspecified atom stereocenters. The normalized spacial score (nSPS) is 11.0. The Morgan fingerprint density at radius 1 is 1.19 bits per heavy atom. The zero-order chi connectivity index (χ0) is 22.8. The van der Waals surface area contributed by atoms with Crippen LogP contribution in [0.2, 0.25) is 0 Å². The number of anilines is 1. The maximum absolute atomic E-state index is 12.8. The zero-order valence-electron chi connectivity index (χ0n) is 18.3. The van der Waals surface area contributed by atoms with Gasteiger partial charge in [0.2, 0.25) is 11.1 Å². The van der Waals surface area contributed by atoms with Crippen LogP contribution in [0.5, 0.6) is 11.5 Å². The third kappa shape index (κ3) is 4.26. The monoisotopic (exact) mass is 470 g/mol. The molecule has 0 bridgehead atoms. The van der Waals surface area contributed by atoms with Gasteiger partial charge in [0.25, 0.3) is 5.78 Å². The molecule has 0 saturated heterocycles. The molecule has 1 aromatic carbocycles. The van der Waals surface area contributed by atoms with E-state index in [0.717, 1.165) is 22.5 Å². The van der Waals surface area contributed by atoms with E-state index in [2.05, 4.69) is 25.4 Å². The largest absolute Gasteiger partial charge is 0.497 e. The number of rotatable bonds is 7. The van der Waals surface area contributed by atoms with E-state index in [0.29, 0.717) is 33.3 Å². The predicted molar refractivity (Wildman–Crippen MR) is 125 cm³/mol. The number of aryl methyl sites for hydroxylation is 2. The van der Waals surface area contributed by atoms with Crippen LogP contribution in [0.4, 0.5) is 5.13 Å². The van der Waals surface area contributed by atoms with Gasteiger partial charge >= 0.3 is 0 Å². The number of benzene rings is 1. The van der Waals surface area contributed by atoms with Crippen LogP contribution in [0.1, 0.15) is 17.0 Å². The van der Waals surface area contributed by atoms with Crippen molar-refractivity contribution in [2.45, 2.75) is 25.4 Å². The summed E-state index contributed by atoms with van der Waals surface area (Å²) in [6.07, 6.45) is 2.07. The summed E-state index contributed by atoms with van der Waals surface area (Å²) in [5, 5.41) is 10.3. The molecule has 3 aromatic heterocycles. The topological polar surface area (TPSA) is 104 Å². The highest BCUT2D eigenvalue weighted by atomic mass is 32.2. The Kier molecular flexibility index (Phi) is 6.28. The minimum atomic E-state index is -0.180. The second kappa shape index (κ2) is 9.13. The quantitative estimate of drug-likeness (QED) is 0.407. The maximum atomic E-state index is 12.8. The summed E-state index contributed by atoms with van der Waals surface area (Å²) < 4.78 is 12.4. The molecule has 32 heavy (non-hydrogen) atoms. The summed E-state index contributed by atoms with van der Waals surface area (Å²) in [7, 11) is 3.21. The second-order valence-corrected chi connectivity index (χ2v) is 8.53. The van der Waals surface area contributed by atoms with Crippen LogP contribution < -0.4 is 14.8 Å². The fourth-order valence-corrected chi connectivity index (χ4v) is 4.39. The number of hydrogen-bond acceptors (Lipinski definition) is 9. The average molecular weight is 471 g/mol. The van der Waals surface area contributed by atoms with Crippen LogP contribution in [0.15, 0.2) is 28.7 Å². The highest BCUT2D eigenvalue weighted by Crippen LogP contribution is 2.35. The van der Waals surface area contributed by atoms with E-state index >= 15 is 0 Å². The average Bonchev–Trinajstić information content (AvgIpc) is 3.43. The zero-order valence-corrected chi connectivity index (χ0v) is 19.9. The van der Waals surface area contributed by atoms with Crippen LogP contribution in [-0.4, -0.2) is 50.9 Å². The number of nitrogens with one attached hydrogen (secondary N) is 1. The number of thioether (sulfide) groups is 1. The Bertz CT molecular complexity index is 1300. The van der Waals surface area contributed by atoms with Gasteiger partial charge < -0.3 is 14.8 Å². The maximum Gasteiger partial charge on any atom is 0.253 e. The first kappa shape index (κ1) is 22.0. The van der Waals surface area contributed by atoms with Crippen molar-refractivity contribution in [3.05, 3.63) is 40.5 Å². The van der Waals surface area contributed by atoms with E-state index in [1.807, 2.05) is 43.7 Å². The fraction of sp³-hybridized carbons (Fsp3) is 0.286. The Hall–Kier alpha value is -3.18. The van der Waals surface area contributed by atoms with Crippen molar-refractivity contribution >= 4 is 39.9 Å². The van der Waals surface area contributed by atoms with Gasteiger partial charge in [0.05, 0.1) is 26.3 Å². The molecular weight excluding hydrogens is 448 g/mol. The van der Waals surface area contributed by atoms with E-state index in [1.54, 1.807) is 18.7 Å². The number of amides is 1. The molecule has 0 aliphatic rings. The number of ether oxygens (including phenoxy) is 2. The van der Waals surface area contributed by atoms with Crippen molar-refractivity contribution in [3.8, 4) is 22.8 Å². The van der Waals surface area contributed by atoms with Gasteiger partial charge in [0.1, 0.15) is 11.5 Å². The number of fused-ring (bicyclic) bond motifs is 1. The first-order valence-corrected chi connectivity index (χ1v) is 11.8. The molecule has 0 atom stereocenters. The molecule has 0 aliphatic carbocycles. The van der Waals surface area contributed by atoms with Gasteiger partial charge in [-0.05, 0) is 38.3 Å². The summed E-state index contributed by atoms with van der Waals surface area (Å²) in [5.41, 5.74) is 3.91. The molecular formula is C21H22N6O3S2. The van der Waals surface area contributed by atoms with Crippen LogP contribution in [0.3, 0.4) is 0 Å². The third-order valence-electron chi connectivity index (χ3n) is 4.98. The number of carbonyl (C=O) groups is 1. The number of carbonyl (C=O) groups excluding carboxylic acids is 1. The van der Waals surface area contributed by atoms with Gasteiger partial charge in [-0.25, -0.2) is 14.5 Å². The van der Waals surface area contributed by atoms with Crippen molar-refractivity contribution in [1.29, 1.82) is 0 Å². The van der Waals surface area contributed by atoms with Crippen molar-refractivity contribution in [1.82, 2.24) is 24.6 Å². The number of hydrogen-bond donors (Lipinski definition) is 1. The molecule has 9 nitrogen and oxygen atoms in total. The number of aromatic nitrogens is 5. The summed E-state index contributed by atoms with van der Waals surface area (Å²) in [4.78, 5) is 26.2. The smallest absolute Gasteiger partial charge is 0.253 e. The van der Waals surface area contributed by atoms with Crippen LogP contribution in [-0.2, 0) is 11.2 Å². The van der Waals surface area contributed by atoms with Crippen LogP contribution >= 0.6 is 23.1 Å².